The van der Waals surface area contributed by atoms with Crippen molar-refractivity contribution in [2.24, 2.45) is 0 Å². The number of hydrogen-bond acceptors (Lipinski definition) is 6. The third-order valence-corrected chi connectivity index (χ3v) is 4.61. The number of alkyl carbamates (subject to hydrolysis) is 1. The van der Waals surface area contributed by atoms with Crippen molar-refractivity contribution in [2.75, 3.05) is 7.11 Å². The van der Waals surface area contributed by atoms with Crippen molar-refractivity contribution in [1.29, 1.82) is 0 Å². The van der Waals surface area contributed by atoms with Crippen molar-refractivity contribution in [3.05, 3.63) is 47.0 Å². The Bertz CT molecular complexity index is 823. The normalized spacial score (nSPS) is 20.4. The summed E-state index contributed by atoms with van der Waals surface area (Å²) in [5, 5.41) is 2.48. The minimum atomic E-state index is -0.958. The van der Waals surface area contributed by atoms with Gasteiger partial charge in [0.05, 0.1) is 7.11 Å². The summed E-state index contributed by atoms with van der Waals surface area (Å²) in [4.78, 5) is 36.6. The maximum absolute atomic E-state index is 12.6. The lowest BCUT2D eigenvalue weighted by Gasteiger charge is -2.22. The van der Waals surface area contributed by atoms with Gasteiger partial charge in [0, 0.05) is 12.0 Å². The van der Waals surface area contributed by atoms with Crippen LogP contribution in [0.5, 0.6) is 0 Å². The van der Waals surface area contributed by atoms with Crippen molar-refractivity contribution in [2.45, 2.75) is 57.5 Å². The standard InChI is InChI=1S/C21H25NO6/c1-21(2,3)28-20(25)22-15(19(24)26-4)7-8-16(23)12-5-6-13-14(11-12)18-10-9-17(13)27-18/h5-6,9-11,15,17-18H,7-8H2,1-4H3,(H,22,25). The van der Waals surface area contributed by atoms with E-state index in [0.29, 0.717) is 5.56 Å². The smallest absolute Gasteiger partial charge is 0.408 e. The van der Waals surface area contributed by atoms with Crippen LogP contribution in [0.15, 0.2) is 30.4 Å². The highest BCUT2D eigenvalue weighted by Gasteiger charge is 2.34. The minimum Gasteiger partial charge on any atom is -0.467 e. The monoisotopic (exact) mass is 387 g/mol. The van der Waals surface area contributed by atoms with Crippen molar-refractivity contribution in [1.82, 2.24) is 5.32 Å². The quantitative estimate of drug-likeness (QED) is 0.457. The SMILES string of the molecule is COC(=O)C(CCC(=O)c1ccc2c(c1)C1C=CC2O1)NC(=O)OC(C)(C)C. The molecule has 0 saturated heterocycles. The fourth-order valence-electron chi connectivity index (χ4n) is 3.32. The second-order valence-corrected chi connectivity index (χ2v) is 7.89. The van der Waals surface area contributed by atoms with Crippen molar-refractivity contribution in [3.8, 4) is 0 Å². The lowest BCUT2D eigenvalue weighted by molar-refractivity contribution is -0.143. The number of esters is 1. The lowest BCUT2D eigenvalue weighted by atomic mass is 9.93. The number of fused-ring (bicyclic) bond motifs is 5. The van der Waals surface area contributed by atoms with E-state index in [1.54, 1.807) is 26.8 Å². The summed E-state index contributed by atoms with van der Waals surface area (Å²) in [5.74, 6) is -0.738. The summed E-state index contributed by atoms with van der Waals surface area (Å²) in [7, 11) is 1.23. The third kappa shape index (κ3) is 4.42. The van der Waals surface area contributed by atoms with Gasteiger partial charge in [-0.3, -0.25) is 4.79 Å². The predicted molar refractivity (Wildman–Crippen MR) is 101 cm³/mol. The van der Waals surface area contributed by atoms with E-state index >= 15 is 0 Å². The molecule has 1 aromatic carbocycles. The summed E-state index contributed by atoms with van der Waals surface area (Å²) in [5.41, 5.74) is 1.96. The highest BCUT2D eigenvalue weighted by atomic mass is 16.6. The molecule has 1 N–H and O–H groups in total. The van der Waals surface area contributed by atoms with Crippen LogP contribution in [0.1, 0.15) is 67.3 Å². The van der Waals surface area contributed by atoms with E-state index in [2.05, 4.69) is 5.32 Å². The molecule has 28 heavy (non-hydrogen) atoms. The molecule has 2 aliphatic heterocycles. The Balaban J connectivity index is 1.62. The Labute approximate surface area is 164 Å². The molecule has 0 aliphatic carbocycles. The van der Waals surface area contributed by atoms with Gasteiger partial charge in [0.1, 0.15) is 23.9 Å². The average molecular weight is 387 g/mol. The number of rotatable bonds is 6. The van der Waals surface area contributed by atoms with Crippen LogP contribution >= 0.6 is 0 Å². The summed E-state index contributed by atoms with van der Waals surface area (Å²) >= 11 is 0. The van der Waals surface area contributed by atoms with Crippen LogP contribution in [0.25, 0.3) is 0 Å². The molecule has 1 aromatic rings. The molecule has 3 atom stereocenters. The average Bonchev–Trinajstić information content (AvgIpc) is 3.24. The Hall–Kier alpha value is -2.67. The molecule has 0 spiro atoms. The Morgan fingerprint density at radius 1 is 1.14 bits per heavy atom. The van der Waals surface area contributed by atoms with Gasteiger partial charge in [-0.15, -0.1) is 0 Å². The summed E-state index contributed by atoms with van der Waals surface area (Å²) < 4.78 is 15.7. The third-order valence-electron chi connectivity index (χ3n) is 4.61. The molecule has 2 aliphatic rings. The highest BCUT2D eigenvalue weighted by Crippen LogP contribution is 2.45. The van der Waals surface area contributed by atoms with Gasteiger partial charge in [-0.25, -0.2) is 9.59 Å². The number of carbonyl (C=O) groups excluding carboxylic acids is 3. The van der Waals surface area contributed by atoms with Crippen LogP contribution in [-0.4, -0.2) is 36.6 Å². The molecule has 0 radical (unpaired) electrons. The molecule has 3 unspecified atom stereocenters. The molecule has 7 heteroatoms. The van der Waals surface area contributed by atoms with Crippen LogP contribution in [0.3, 0.4) is 0 Å². The number of hydrogen-bond donors (Lipinski definition) is 1. The molecule has 7 nitrogen and oxygen atoms in total. The molecule has 2 heterocycles. The van der Waals surface area contributed by atoms with E-state index in [-0.39, 0.29) is 30.8 Å². The van der Waals surface area contributed by atoms with Crippen LogP contribution in [-0.2, 0) is 19.0 Å². The van der Waals surface area contributed by atoms with Gasteiger partial charge in [0.25, 0.3) is 0 Å². The van der Waals surface area contributed by atoms with Gasteiger partial charge in [0.15, 0.2) is 5.78 Å². The zero-order chi connectivity index (χ0) is 20.5. The Morgan fingerprint density at radius 2 is 1.82 bits per heavy atom. The van der Waals surface area contributed by atoms with E-state index in [9.17, 15) is 14.4 Å². The van der Waals surface area contributed by atoms with Crippen LogP contribution in [0, 0.1) is 0 Å². The highest BCUT2D eigenvalue weighted by molar-refractivity contribution is 5.97. The largest absolute Gasteiger partial charge is 0.467 e. The number of ether oxygens (including phenoxy) is 3. The molecule has 1 amide bonds. The first-order valence-electron chi connectivity index (χ1n) is 9.26. The van der Waals surface area contributed by atoms with Crippen molar-refractivity contribution in [3.63, 3.8) is 0 Å². The molecule has 0 aromatic heterocycles. The first-order valence-corrected chi connectivity index (χ1v) is 9.26. The minimum absolute atomic E-state index is 0.0223. The van der Waals surface area contributed by atoms with Gasteiger partial charge < -0.3 is 19.5 Å². The van der Waals surface area contributed by atoms with E-state index in [0.717, 1.165) is 11.1 Å². The van der Waals surface area contributed by atoms with E-state index in [1.807, 2.05) is 24.3 Å². The molecule has 0 saturated carbocycles. The van der Waals surface area contributed by atoms with Gasteiger partial charge in [0.2, 0.25) is 0 Å². The summed E-state index contributed by atoms with van der Waals surface area (Å²) in [6.07, 6.45) is 3.35. The molecule has 0 fully saturated rings. The Morgan fingerprint density at radius 3 is 2.46 bits per heavy atom. The number of Topliss-reactive ketones (excluding diaryl/α,β-unsaturated/α-hetero) is 1. The first-order chi connectivity index (χ1) is 13.2. The van der Waals surface area contributed by atoms with E-state index < -0.39 is 23.7 Å². The van der Waals surface area contributed by atoms with Gasteiger partial charge >= 0.3 is 12.1 Å². The van der Waals surface area contributed by atoms with Crippen LogP contribution in [0.2, 0.25) is 0 Å². The molecular formula is C21H25NO6. The zero-order valence-electron chi connectivity index (χ0n) is 16.5. The number of amides is 1. The zero-order valence-corrected chi connectivity index (χ0v) is 16.5. The molecule has 3 rings (SSSR count). The van der Waals surface area contributed by atoms with E-state index in [4.69, 9.17) is 14.2 Å². The number of ketones is 1. The topological polar surface area (TPSA) is 90.9 Å². The number of methoxy groups -OCH3 is 1. The maximum Gasteiger partial charge on any atom is 0.408 e. The van der Waals surface area contributed by atoms with Gasteiger partial charge in [-0.05, 0) is 44.4 Å². The van der Waals surface area contributed by atoms with Crippen LogP contribution < -0.4 is 5.32 Å². The van der Waals surface area contributed by atoms with Gasteiger partial charge in [-0.1, -0.05) is 24.3 Å². The second-order valence-electron chi connectivity index (χ2n) is 7.89. The summed E-state index contributed by atoms with van der Waals surface area (Å²) in [6, 6.07) is 4.57. The fraction of sp³-hybridized carbons (Fsp3) is 0.476. The van der Waals surface area contributed by atoms with Crippen LogP contribution in [0.4, 0.5) is 4.79 Å². The second kappa shape index (κ2) is 7.75. The van der Waals surface area contributed by atoms with Gasteiger partial charge in [-0.2, -0.15) is 0 Å². The summed E-state index contributed by atoms with van der Waals surface area (Å²) in [6.45, 7) is 5.17. The maximum atomic E-state index is 12.6. The number of benzene rings is 1. The Kier molecular flexibility index (Phi) is 5.56. The predicted octanol–water partition coefficient (Wildman–Crippen LogP) is 3.40. The fourth-order valence-corrected chi connectivity index (χ4v) is 3.32. The number of carbonyl (C=O) groups is 3. The molecular weight excluding hydrogens is 362 g/mol. The van der Waals surface area contributed by atoms with Crippen molar-refractivity contribution >= 4 is 17.8 Å². The lowest BCUT2D eigenvalue weighted by Crippen LogP contribution is -2.44. The first kappa shape index (κ1) is 20.1. The molecule has 2 bridgehead atoms. The molecule has 150 valence electrons. The van der Waals surface area contributed by atoms with Crippen molar-refractivity contribution < 1.29 is 28.6 Å². The van der Waals surface area contributed by atoms with E-state index in [1.165, 1.54) is 7.11 Å². The number of nitrogens with one attached hydrogen (secondary N) is 1.